The number of carbonyl (C=O) groups is 2. The minimum Gasteiger partial charge on any atom is -0.463 e. The predicted molar refractivity (Wildman–Crippen MR) is 76.4 cm³/mol. The number of rotatable bonds is 4. The molecule has 3 rings (SSSR count). The predicted octanol–water partition coefficient (Wildman–Crippen LogP) is 1.38. The van der Waals surface area contributed by atoms with Gasteiger partial charge in [0.15, 0.2) is 0 Å². The highest BCUT2D eigenvalue weighted by Crippen LogP contribution is 2.52. The Labute approximate surface area is 125 Å². The summed E-state index contributed by atoms with van der Waals surface area (Å²) in [6, 6.07) is 0. The number of likely N-dealkylation sites (tertiary alicyclic amines) is 1. The SMILES string of the molecule is CC(C)CN1C[C@@]23C=C[C@@H](O2)[C@@H](C(=O)OC(C)C)[C@@H]3C1=O. The zero-order chi connectivity index (χ0) is 15.4. The molecule has 0 aliphatic carbocycles. The molecule has 3 aliphatic rings. The van der Waals surface area contributed by atoms with Gasteiger partial charge >= 0.3 is 5.97 Å². The zero-order valence-electron chi connectivity index (χ0n) is 13.0. The number of carbonyl (C=O) groups excluding carboxylic acids is 2. The monoisotopic (exact) mass is 293 g/mol. The Morgan fingerprint density at radius 1 is 1.48 bits per heavy atom. The maximum Gasteiger partial charge on any atom is 0.313 e. The Hall–Kier alpha value is -1.36. The van der Waals surface area contributed by atoms with Crippen LogP contribution in [0, 0.1) is 17.8 Å². The summed E-state index contributed by atoms with van der Waals surface area (Å²) < 4.78 is 11.3. The fourth-order valence-corrected chi connectivity index (χ4v) is 3.75. The molecule has 5 nitrogen and oxygen atoms in total. The first-order valence-corrected chi connectivity index (χ1v) is 7.70. The molecule has 116 valence electrons. The van der Waals surface area contributed by atoms with Crippen LogP contribution in [0.1, 0.15) is 27.7 Å². The molecule has 0 unspecified atom stereocenters. The van der Waals surface area contributed by atoms with Gasteiger partial charge in [-0.3, -0.25) is 9.59 Å². The Morgan fingerprint density at radius 2 is 2.19 bits per heavy atom. The average Bonchev–Trinajstić information content (AvgIpc) is 2.97. The van der Waals surface area contributed by atoms with Crippen molar-refractivity contribution in [2.45, 2.75) is 45.5 Å². The summed E-state index contributed by atoms with van der Waals surface area (Å²) in [5.74, 6) is -0.807. The molecule has 0 radical (unpaired) electrons. The van der Waals surface area contributed by atoms with E-state index in [1.54, 1.807) is 0 Å². The molecule has 4 atom stereocenters. The molecule has 5 heteroatoms. The van der Waals surface area contributed by atoms with E-state index >= 15 is 0 Å². The third-order valence-corrected chi connectivity index (χ3v) is 4.39. The van der Waals surface area contributed by atoms with E-state index in [4.69, 9.17) is 9.47 Å². The van der Waals surface area contributed by atoms with Gasteiger partial charge in [0.05, 0.1) is 24.7 Å². The molecule has 2 fully saturated rings. The van der Waals surface area contributed by atoms with E-state index in [-0.39, 0.29) is 24.1 Å². The quantitative estimate of drug-likeness (QED) is 0.580. The first-order chi connectivity index (χ1) is 9.84. The van der Waals surface area contributed by atoms with Crippen LogP contribution in [0.4, 0.5) is 0 Å². The molecule has 1 amide bonds. The molecule has 0 saturated carbocycles. The topological polar surface area (TPSA) is 55.8 Å². The molecule has 0 N–H and O–H groups in total. The molecular weight excluding hydrogens is 270 g/mol. The van der Waals surface area contributed by atoms with Crippen molar-refractivity contribution in [3.63, 3.8) is 0 Å². The Bertz CT molecular complexity index is 499. The fourth-order valence-electron chi connectivity index (χ4n) is 3.75. The fraction of sp³-hybridized carbons (Fsp3) is 0.750. The van der Waals surface area contributed by atoms with Gasteiger partial charge in [-0.1, -0.05) is 26.0 Å². The molecule has 1 spiro atoms. The van der Waals surface area contributed by atoms with E-state index in [0.29, 0.717) is 19.0 Å². The van der Waals surface area contributed by atoms with Crippen molar-refractivity contribution in [2.75, 3.05) is 13.1 Å². The van der Waals surface area contributed by atoms with Crippen molar-refractivity contribution in [1.82, 2.24) is 4.90 Å². The van der Waals surface area contributed by atoms with Crippen molar-refractivity contribution >= 4 is 11.9 Å². The van der Waals surface area contributed by atoms with Crippen LogP contribution in [-0.2, 0) is 19.1 Å². The summed E-state index contributed by atoms with van der Waals surface area (Å²) in [4.78, 5) is 26.9. The van der Waals surface area contributed by atoms with E-state index < -0.39 is 17.4 Å². The Kier molecular flexibility index (Phi) is 3.35. The van der Waals surface area contributed by atoms with Crippen molar-refractivity contribution in [3.8, 4) is 0 Å². The van der Waals surface area contributed by atoms with Gasteiger partial charge in [0.1, 0.15) is 11.5 Å². The molecular formula is C16H23NO4. The molecule has 0 aromatic carbocycles. The van der Waals surface area contributed by atoms with E-state index in [1.807, 2.05) is 30.9 Å². The lowest BCUT2D eigenvalue weighted by Gasteiger charge is -2.23. The number of nitrogens with zero attached hydrogens (tertiary/aromatic N) is 1. The van der Waals surface area contributed by atoms with Crippen LogP contribution < -0.4 is 0 Å². The summed E-state index contributed by atoms with van der Waals surface area (Å²) in [7, 11) is 0. The van der Waals surface area contributed by atoms with Crippen LogP contribution in [0.3, 0.4) is 0 Å². The maximum atomic E-state index is 12.7. The molecule has 2 bridgehead atoms. The molecule has 3 aliphatic heterocycles. The number of hydrogen-bond donors (Lipinski definition) is 0. The largest absolute Gasteiger partial charge is 0.463 e. The summed E-state index contributed by atoms with van der Waals surface area (Å²) in [6.45, 7) is 9.05. The molecule has 21 heavy (non-hydrogen) atoms. The second-order valence-corrected chi connectivity index (χ2v) is 7.00. The molecule has 2 saturated heterocycles. The number of hydrogen-bond acceptors (Lipinski definition) is 4. The molecule has 0 aromatic heterocycles. The first-order valence-electron chi connectivity index (χ1n) is 7.70. The zero-order valence-corrected chi connectivity index (χ0v) is 13.0. The highest BCUT2D eigenvalue weighted by Gasteiger charge is 2.67. The van der Waals surface area contributed by atoms with Gasteiger partial charge in [0.2, 0.25) is 5.91 Å². The standard InChI is InChI=1S/C16H23NO4/c1-9(2)7-17-8-16-6-5-11(21-16)12(13(16)14(17)18)15(19)20-10(3)4/h5-6,9-13H,7-8H2,1-4H3/t11-,12-,13-,16-/m1/s1. The van der Waals surface area contributed by atoms with E-state index in [2.05, 4.69) is 13.8 Å². The minimum atomic E-state index is -0.614. The minimum absolute atomic E-state index is 0.0289. The Morgan fingerprint density at radius 3 is 2.81 bits per heavy atom. The van der Waals surface area contributed by atoms with Gasteiger partial charge in [-0.25, -0.2) is 0 Å². The van der Waals surface area contributed by atoms with Crippen molar-refractivity contribution in [2.24, 2.45) is 17.8 Å². The number of amides is 1. The van der Waals surface area contributed by atoms with Gasteiger partial charge in [-0.15, -0.1) is 0 Å². The van der Waals surface area contributed by atoms with E-state index in [1.165, 1.54) is 0 Å². The summed E-state index contributed by atoms with van der Waals surface area (Å²) in [6.07, 6.45) is 3.39. The molecule has 0 aromatic rings. The summed E-state index contributed by atoms with van der Waals surface area (Å²) in [5.41, 5.74) is -0.614. The van der Waals surface area contributed by atoms with Crippen molar-refractivity contribution in [3.05, 3.63) is 12.2 Å². The van der Waals surface area contributed by atoms with Gasteiger partial charge in [0.25, 0.3) is 0 Å². The van der Waals surface area contributed by atoms with Crippen molar-refractivity contribution in [1.29, 1.82) is 0 Å². The Balaban J connectivity index is 1.85. The van der Waals surface area contributed by atoms with Gasteiger partial charge in [-0.2, -0.15) is 0 Å². The number of fused-ring (bicyclic) bond motifs is 1. The molecule has 3 heterocycles. The van der Waals surface area contributed by atoms with Crippen LogP contribution in [0.5, 0.6) is 0 Å². The number of esters is 1. The summed E-state index contributed by atoms with van der Waals surface area (Å²) in [5, 5.41) is 0. The maximum absolute atomic E-state index is 12.7. The summed E-state index contributed by atoms with van der Waals surface area (Å²) >= 11 is 0. The lowest BCUT2D eigenvalue weighted by atomic mass is 9.77. The van der Waals surface area contributed by atoms with Gasteiger partial charge in [0, 0.05) is 6.54 Å². The van der Waals surface area contributed by atoms with Crippen molar-refractivity contribution < 1.29 is 19.1 Å². The average molecular weight is 293 g/mol. The van der Waals surface area contributed by atoms with Crippen LogP contribution >= 0.6 is 0 Å². The normalized spacial score (nSPS) is 37.0. The third kappa shape index (κ3) is 2.18. The van der Waals surface area contributed by atoms with E-state index in [9.17, 15) is 9.59 Å². The second-order valence-electron chi connectivity index (χ2n) is 7.00. The van der Waals surface area contributed by atoms with Gasteiger partial charge < -0.3 is 14.4 Å². The highest BCUT2D eigenvalue weighted by molar-refractivity contribution is 5.91. The number of ether oxygens (including phenoxy) is 2. The van der Waals surface area contributed by atoms with Crippen LogP contribution in [-0.4, -0.2) is 47.7 Å². The third-order valence-electron chi connectivity index (χ3n) is 4.39. The van der Waals surface area contributed by atoms with E-state index in [0.717, 1.165) is 0 Å². The highest BCUT2D eigenvalue weighted by atomic mass is 16.6. The lowest BCUT2D eigenvalue weighted by molar-refractivity contribution is -0.157. The second kappa shape index (κ2) is 4.83. The van der Waals surface area contributed by atoms with Crippen LogP contribution in [0.25, 0.3) is 0 Å². The smallest absolute Gasteiger partial charge is 0.313 e. The first kappa shape index (κ1) is 14.6. The lowest BCUT2D eigenvalue weighted by Crippen LogP contribution is -2.40. The van der Waals surface area contributed by atoms with Crippen LogP contribution in [0.15, 0.2) is 12.2 Å². The van der Waals surface area contributed by atoms with Gasteiger partial charge in [-0.05, 0) is 19.8 Å². The van der Waals surface area contributed by atoms with Crippen LogP contribution in [0.2, 0.25) is 0 Å².